The number of hydrogen-bond donors (Lipinski definition) is 1. The lowest BCUT2D eigenvalue weighted by atomic mass is 10.1. The molecule has 2 rings (SSSR count). The number of ether oxygens (including phenoxy) is 1. The first-order valence-electron chi connectivity index (χ1n) is 5.33. The van der Waals surface area contributed by atoms with E-state index in [0.29, 0.717) is 13.0 Å². The molecule has 4 heteroatoms. The second kappa shape index (κ2) is 4.53. The van der Waals surface area contributed by atoms with Gasteiger partial charge >= 0.3 is 0 Å². The first-order valence-corrected chi connectivity index (χ1v) is 5.33. The van der Waals surface area contributed by atoms with Gasteiger partial charge in [0.25, 0.3) is 0 Å². The number of benzene rings is 1. The Morgan fingerprint density at radius 2 is 2.06 bits per heavy atom. The van der Waals surface area contributed by atoms with E-state index in [4.69, 9.17) is 4.74 Å². The maximum Gasteiger partial charge on any atom is 0.229 e. The Bertz CT molecular complexity index is 374. The molecule has 1 atom stereocenters. The number of hydrogen-bond acceptors (Lipinski definition) is 3. The molecule has 1 aromatic carbocycles. The predicted octanol–water partition coefficient (Wildman–Crippen LogP) is 1.18. The van der Waals surface area contributed by atoms with Gasteiger partial charge in [-0.2, -0.15) is 0 Å². The highest BCUT2D eigenvalue weighted by Gasteiger charge is 2.25. The van der Waals surface area contributed by atoms with Crippen LogP contribution >= 0.6 is 0 Å². The molecule has 1 heterocycles. The fraction of sp³-hybridized carbons (Fsp3) is 0.417. The Balaban J connectivity index is 2.14. The molecule has 1 aliphatic rings. The summed E-state index contributed by atoms with van der Waals surface area (Å²) in [6, 6.07) is 7.37. The number of rotatable bonds is 2. The van der Waals surface area contributed by atoms with Gasteiger partial charge in [-0.15, -0.1) is 0 Å². The molecule has 0 saturated carbocycles. The Hall–Kier alpha value is -1.55. The average molecular weight is 221 g/mol. The number of aliphatic hydroxyl groups excluding tert-OH is 1. The van der Waals surface area contributed by atoms with Gasteiger partial charge in [0.2, 0.25) is 5.91 Å². The van der Waals surface area contributed by atoms with Gasteiger partial charge in [0.1, 0.15) is 5.75 Å². The molecule has 0 spiro atoms. The molecule has 1 saturated heterocycles. The number of methoxy groups -OCH3 is 1. The van der Waals surface area contributed by atoms with Crippen molar-refractivity contribution in [1.82, 2.24) is 0 Å². The van der Waals surface area contributed by atoms with Crippen LogP contribution in [0.2, 0.25) is 0 Å². The number of carbonyl (C=O) groups excluding carboxylic acids is 1. The molecule has 4 nitrogen and oxygen atoms in total. The monoisotopic (exact) mass is 221 g/mol. The molecule has 0 aliphatic carbocycles. The van der Waals surface area contributed by atoms with Crippen LogP contribution in [0.4, 0.5) is 5.69 Å². The summed E-state index contributed by atoms with van der Waals surface area (Å²) < 4.78 is 5.06. The molecule has 1 amide bonds. The van der Waals surface area contributed by atoms with E-state index in [2.05, 4.69) is 0 Å². The van der Waals surface area contributed by atoms with Crippen molar-refractivity contribution < 1.29 is 14.6 Å². The maximum atomic E-state index is 11.7. The fourth-order valence-electron chi connectivity index (χ4n) is 1.85. The first kappa shape index (κ1) is 11.0. The van der Waals surface area contributed by atoms with E-state index >= 15 is 0 Å². The first-order chi connectivity index (χ1) is 7.70. The molecule has 86 valence electrons. The third kappa shape index (κ3) is 2.17. The number of amides is 1. The summed E-state index contributed by atoms with van der Waals surface area (Å²) in [5, 5.41) is 9.36. The molecular weight excluding hydrogens is 206 g/mol. The van der Waals surface area contributed by atoms with E-state index < -0.39 is 6.10 Å². The highest BCUT2D eigenvalue weighted by Crippen LogP contribution is 2.23. The van der Waals surface area contributed by atoms with Gasteiger partial charge in [0.15, 0.2) is 0 Å². The number of nitrogens with zero attached hydrogens (tertiary/aromatic N) is 1. The van der Waals surface area contributed by atoms with Gasteiger partial charge in [-0.25, -0.2) is 0 Å². The zero-order valence-electron chi connectivity index (χ0n) is 9.22. The second-order valence-electron chi connectivity index (χ2n) is 3.89. The molecule has 1 unspecified atom stereocenters. The van der Waals surface area contributed by atoms with Crippen molar-refractivity contribution in [2.75, 3.05) is 18.6 Å². The van der Waals surface area contributed by atoms with Crippen molar-refractivity contribution in [1.29, 1.82) is 0 Å². The van der Waals surface area contributed by atoms with Crippen LogP contribution in [-0.2, 0) is 4.79 Å². The maximum absolute atomic E-state index is 11.7. The molecule has 1 fully saturated rings. The van der Waals surface area contributed by atoms with Crippen molar-refractivity contribution in [2.45, 2.75) is 18.9 Å². The summed E-state index contributed by atoms with van der Waals surface area (Å²) in [4.78, 5) is 13.4. The van der Waals surface area contributed by atoms with Crippen LogP contribution in [-0.4, -0.2) is 30.8 Å². The van der Waals surface area contributed by atoms with E-state index in [1.54, 1.807) is 12.0 Å². The Morgan fingerprint density at radius 1 is 1.38 bits per heavy atom. The van der Waals surface area contributed by atoms with Crippen LogP contribution < -0.4 is 9.64 Å². The normalized spacial score (nSPS) is 21.0. The molecule has 0 bridgehead atoms. The van der Waals surface area contributed by atoms with Gasteiger partial charge in [-0.3, -0.25) is 4.79 Å². The van der Waals surface area contributed by atoms with Gasteiger partial charge in [0.05, 0.1) is 19.6 Å². The topological polar surface area (TPSA) is 49.8 Å². The Labute approximate surface area is 94.4 Å². The van der Waals surface area contributed by atoms with E-state index in [-0.39, 0.29) is 12.3 Å². The lowest BCUT2D eigenvalue weighted by Gasteiger charge is -2.29. The summed E-state index contributed by atoms with van der Waals surface area (Å²) in [5.74, 6) is 0.747. The van der Waals surface area contributed by atoms with E-state index in [1.165, 1.54) is 0 Å². The second-order valence-corrected chi connectivity index (χ2v) is 3.89. The number of carbonyl (C=O) groups is 1. The SMILES string of the molecule is COc1ccc(N2CCC(O)CC2=O)cc1. The van der Waals surface area contributed by atoms with Crippen molar-refractivity contribution >= 4 is 11.6 Å². The summed E-state index contributed by atoms with van der Waals surface area (Å²) >= 11 is 0. The van der Waals surface area contributed by atoms with Gasteiger partial charge in [-0.05, 0) is 30.7 Å². The van der Waals surface area contributed by atoms with Crippen molar-refractivity contribution in [3.8, 4) is 5.75 Å². The Morgan fingerprint density at radius 3 is 2.62 bits per heavy atom. The van der Waals surface area contributed by atoms with Crippen molar-refractivity contribution in [3.05, 3.63) is 24.3 Å². The predicted molar refractivity (Wildman–Crippen MR) is 60.6 cm³/mol. The summed E-state index contributed by atoms with van der Waals surface area (Å²) in [6.45, 7) is 0.576. The van der Waals surface area contributed by atoms with Gasteiger partial charge in [0, 0.05) is 12.2 Å². The third-order valence-corrected chi connectivity index (χ3v) is 2.78. The fourth-order valence-corrected chi connectivity index (χ4v) is 1.85. The summed E-state index contributed by atoms with van der Waals surface area (Å²) in [6.07, 6.45) is 0.367. The highest BCUT2D eigenvalue weighted by molar-refractivity contribution is 5.94. The Kier molecular flexibility index (Phi) is 3.10. The molecular formula is C12H15NO3. The molecule has 0 radical (unpaired) electrons. The van der Waals surface area contributed by atoms with Crippen molar-refractivity contribution in [2.24, 2.45) is 0 Å². The minimum Gasteiger partial charge on any atom is -0.497 e. The van der Waals surface area contributed by atoms with Gasteiger partial charge < -0.3 is 14.7 Å². The summed E-state index contributed by atoms with van der Waals surface area (Å²) in [7, 11) is 1.61. The third-order valence-electron chi connectivity index (χ3n) is 2.78. The largest absolute Gasteiger partial charge is 0.497 e. The van der Waals surface area contributed by atoms with Crippen LogP contribution in [0, 0.1) is 0 Å². The minimum atomic E-state index is -0.484. The van der Waals surface area contributed by atoms with Crippen LogP contribution in [0.1, 0.15) is 12.8 Å². The smallest absolute Gasteiger partial charge is 0.229 e. The molecule has 0 aromatic heterocycles. The number of piperidine rings is 1. The highest BCUT2D eigenvalue weighted by atomic mass is 16.5. The quantitative estimate of drug-likeness (QED) is 0.816. The lowest BCUT2D eigenvalue weighted by molar-refractivity contribution is -0.122. The molecule has 1 aliphatic heterocycles. The zero-order valence-corrected chi connectivity index (χ0v) is 9.22. The van der Waals surface area contributed by atoms with Crippen LogP contribution in [0.25, 0.3) is 0 Å². The van der Waals surface area contributed by atoms with Crippen LogP contribution in [0.5, 0.6) is 5.75 Å². The minimum absolute atomic E-state index is 0.0242. The summed E-state index contributed by atoms with van der Waals surface area (Å²) in [5.41, 5.74) is 0.859. The van der Waals surface area contributed by atoms with Crippen LogP contribution in [0.3, 0.4) is 0 Å². The average Bonchev–Trinajstić information content (AvgIpc) is 2.29. The van der Waals surface area contributed by atoms with Crippen LogP contribution in [0.15, 0.2) is 24.3 Å². The van der Waals surface area contributed by atoms with Gasteiger partial charge in [-0.1, -0.05) is 0 Å². The zero-order chi connectivity index (χ0) is 11.5. The number of anilines is 1. The van der Waals surface area contributed by atoms with E-state index in [1.807, 2.05) is 24.3 Å². The number of aliphatic hydroxyl groups is 1. The lowest BCUT2D eigenvalue weighted by Crippen LogP contribution is -2.40. The molecule has 16 heavy (non-hydrogen) atoms. The van der Waals surface area contributed by atoms with E-state index in [9.17, 15) is 9.90 Å². The molecule has 1 aromatic rings. The molecule has 1 N–H and O–H groups in total. The van der Waals surface area contributed by atoms with E-state index in [0.717, 1.165) is 11.4 Å². The standard InChI is InChI=1S/C12H15NO3/c1-16-11-4-2-9(3-5-11)13-7-6-10(14)8-12(13)15/h2-5,10,14H,6-8H2,1H3. The van der Waals surface area contributed by atoms with Crippen molar-refractivity contribution in [3.63, 3.8) is 0 Å².